The van der Waals surface area contributed by atoms with Crippen molar-refractivity contribution in [3.8, 4) is 0 Å². The summed E-state index contributed by atoms with van der Waals surface area (Å²) in [5.74, 6) is -0.343. The number of anilines is 1. The quantitative estimate of drug-likeness (QED) is 0.761. The second-order valence-corrected chi connectivity index (χ2v) is 6.05. The van der Waals surface area contributed by atoms with E-state index in [2.05, 4.69) is 39.1 Å². The summed E-state index contributed by atoms with van der Waals surface area (Å²) in [6.45, 7) is 5.52. The maximum Gasteiger partial charge on any atom is 0.242 e. The van der Waals surface area contributed by atoms with Crippen LogP contribution in [0.4, 0.5) is 5.69 Å². The highest BCUT2D eigenvalue weighted by Gasteiger charge is 2.29. The van der Waals surface area contributed by atoms with Crippen LogP contribution in [-0.4, -0.2) is 38.3 Å². The molecule has 3 N–H and O–H groups in total. The number of carbonyl (C=O) groups is 1. The molecule has 1 fully saturated rings. The zero-order chi connectivity index (χ0) is 15.2. The van der Waals surface area contributed by atoms with Gasteiger partial charge in [-0.15, -0.1) is 0 Å². The number of benzene rings is 1. The molecule has 1 heterocycles. The summed E-state index contributed by atoms with van der Waals surface area (Å²) >= 11 is 3.51. The van der Waals surface area contributed by atoms with E-state index in [1.807, 2.05) is 12.1 Å². The Labute approximate surface area is 134 Å². The predicted molar refractivity (Wildman–Crippen MR) is 87.3 cm³/mol. The molecule has 1 unspecified atom stereocenters. The van der Waals surface area contributed by atoms with Crippen LogP contribution in [0.2, 0.25) is 0 Å². The summed E-state index contributed by atoms with van der Waals surface area (Å²) in [4.78, 5) is 13.7. The number of ether oxygens (including phenoxy) is 1. The largest absolute Gasteiger partial charge is 0.377 e. The Morgan fingerprint density at radius 3 is 3.10 bits per heavy atom. The zero-order valence-electron chi connectivity index (χ0n) is 12.3. The number of amides is 1. The van der Waals surface area contributed by atoms with E-state index in [9.17, 15) is 4.79 Å². The van der Waals surface area contributed by atoms with E-state index in [0.29, 0.717) is 19.8 Å². The van der Waals surface area contributed by atoms with Crippen molar-refractivity contribution < 1.29 is 9.53 Å². The third kappa shape index (κ3) is 4.18. The Balaban J connectivity index is 2.25. The lowest BCUT2D eigenvalue weighted by Gasteiger charge is -2.36. The maximum absolute atomic E-state index is 11.7. The molecular formula is C15H22BrN3O2. The van der Waals surface area contributed by atoms with Gasteiger partial charge in [0, 0.05) is 23.2 Å². The molecule has 1 amide bonds. The fourth-order valence-corrected chi connectivity index (χ4v) is 2.91. The highest BCUT2D eigenvalue weighted by molar-refractivity contribution is 9.10. The van der Waals surface area contributed by atoms with E-state index < -0.39 is 6.04 Å². The van der Waals surface area contributed by atoms with E-state index in [-0.39, 0.29) is 5.91 Å². The summed E-state index contributed by atoms with van der Waals surface area (Å²) in [5, 5.41) is 3.41. The van der Waals surface area contributed by atoms with Crippen molar-refractivity contribution in [2.75, 3.05) is 31.2 Å². The molecule has 0 saturated carbocycles. The smallest absolute Gasteiger partial charge is 0.242 e. The number of hydrogen-bond donors (Lipinski definition) is 2. The average Bonchev–Trinajstić information content (AvgIpc) is 2.48. The summed E-state index contributed by atoms with van der Waals surface area (Å²) in [6, 6.07) is 5.72. The second-order valence-electron chi connectivity index (χ2n) is 5.14. The van der Waals surface area contributed by atoms with Crippen LogP contribution in [0.15, 0.2) is 22.7 Å². The molecule has 1 aromatic rings. The first-order valence-electron chi connectivity index (χ1n) is 7.26. The Kier molecular flexibility index (Phi) is 6.02. The topological polar surface area (TPSA) is 67.6 Å². The van der Waals surface area contributed by atoms with Crippen molar-refractivity contribution in [3.63, 3.8) is 0 Å². The first kappa shape index (κ1) is 16.3. The lowest BCUT2D eigenvalue weighted by molar-refractivity contribution is -0.121. The van der Waals surface area contributed by atoms with Crippen molar-refractivity contribution in [1.29, 1.82) is 0 Å². The van der Waals surface area contributed by atoms with Crippen LogP contribution in [-0.2, 0) is 16.1 Å². The van der Waals surface area contributed by atoms with Crippen molar-refractivity contribution in [2.45, 2.75) is 25.9 Å². The second kappa shape index (κ2) is 7.77. The van der Waals surface area contributed by atoms with Gasteiger partial charge in [-0.1, -0.05) is 22.9 Å². The number of morpholine rings is 1. The van der Waals surface area contributed by atoms with Gasteiger partial charge in [-0.2, -0.15) is 0 Å². The van der Waals surface area contributed by atoms with Gasteiger partial charge in [0.05, 0.1) is 13.2 Å². The highest BCUT2D eigenvalue weighted by Crippen LogP contribution is 2.27. The lowest BCUT2D eigenvalue weighted by atomic mass is 10.1. The van der Waals surface area contributed by atoms with Crippen molar-refractivity contribution in [1.82, 2.24) is 5.32 Å². The molecule has 116 valence electrons. The van der Waals surface area contributed by atoms with Crippen LogP contribution in [0.5, 0.6) is 0 Å². The van der Waals surface area contributed by atoms with Gasteiger partial charge in [-0.05, 0) is 36.7 Å². The Morgan fingerprint density at radius 2 is 2.38 bits per heavy atom. The van der Waals surface area contributed by atoms with Gasteiger partial charge < -0.3 is 20.7 Å². The summed E-state index contributed by atoms with van der Waals surface area (Å²) in [5.41, 5.74) is 7.72. The van der Waals surface area contributed by atoms with Gasteiger partial charge in [-0.3, -0.25) is 4.79 Å². The van der Waals surface area contributed by atoms with E-state index in [1.165, 1.54) is 0 Å². The minimum Gasteiger partial charge on any atom is -0.377 e. The van der Waals surface area contributed by atoms with Gasteiger partial charge in [0.2, 0.25) is 5.91 Å². The monoisotopic (exact) mass is 355 g/mol. The minimum atomic E-state index is -0.398. The number of carbonyl (C=O) groups excluding carboxylic acids is 1. The first-order valence-corrected chi connectivity index (χ1v) is 8.05. The zero-order valence-corrected chi connectivity index (χ0v) is 13.9. The summed E-state index contributed by atoms with van der Waals surface area (Å²) < 4.78 is 6.42. The molecule has 1 aliphatic rings. The van der Waals surface area contributed by atoms with Crippen LogP contribution in [0, 0.1) is 0 Å². The molecule has 1 saturated heterocycles. The molecule has 2 rings (SSSR count). The lowest BCUT2D eigenvalue weighted by Crippen LogP contribution is -2.53. The van der Waals surface area contributed by atoms with Crippen LogP contribution in [0.25, 0.3) is 0 Å². The molecule has 5 nitrogen and oxygen atoms in total. The Hall–Kier alpha value is -1.11. The van der Waals surface area contributed by atoms with E-state index in [4.69, 9.17) is 10.5 Å². The number of halogens is 1. The fourth-order valence-electron chi connectivity index (χ4n) is 2.50. The molecule has 0 spiro atoms. The summed E-state index contributed by atoms with van der Waals surface area (Å²) in [7, 11) is 0. The van der Waals surface area contributed by atoms with Gasteiger partial charge in [-0.25, -0.2) is 0 Å². The molecule has 0 aromatic heterocycles. The SMILES string of the molecule is CCCNCc1cc(Br)ccc1N1CCOCC1C(N)=O. The molecular weight excluding hydrogens is 334 g/mol. The Bertz CT molecular complexity index is 496. The standard InChI is InChI=1S/C15H22BrN3O2/c1-2-5-18-9-11-8-12(16)3-4-13(11)19-6-7-21-10-14(19)15(17)20/h3-4,8,14,18H,2,5-7,9-10H2,1H3,(H2,17,20). The molecule has 1 aliphatic heterocycles. The van der Waals surface area contributed by atoms with Crippen molar-refractivity contribution in [2.24, 2.45) is 5.73 Å². The molecule has 1 atom stereocenters. The van der Waals surface area contributed by atoms with Crippen LogP contribution >= 0.6 is 15.9 Å². The minimum absolute atomic E-state index is 0.343. The molecule has 0 radical (unpaired) electrons. The molecule has 0 bridgehead atoms. The number of nitrogens with zero attached hydrogens (tertiary/aromatic N) is 1. The predicted octanol–water partition coefficient (Wildman–Crippen LogP) is 1.64. The van der Waals surface area contributed by atoms with Crippen LogP contribution in [0.3, 0.4) is 0 Å². The van der Waals surface area contributed by atoms with Crippen LogP contribution in [0.1, 0.15) is 18.9 Å². The average molecular weight is 356 g/mol. The van der Waals surface area contributed by atoms with Gasteiger partial charge in [0.1, 0.15) is 6.04 Å². The molecule has 21 heavy (non-hydrogen) atoms. The molecule has 1 aromatic carbocycles. The van der Waals surface area contributed by atoms with Crippen molar-refractivity contribution in [3.05, 3.63) is 28.2 Å². The number of primary amides is 1. The molecule has 6 heteroatoms. The van der Waals surface area contributed by atoms with Gasteiger partial charge in [0.15, 0.2) is 0 Å². The molecule has 0 aliphatic carbocycles. The Morgan fingerprint density at radius 1 is 1.57 bits per heavy atom. The summed E-state index contributed by atoms with van der Waals surface area (Å²) in [6.07, 6.45) is 1.09. The van der Waals surface area contributed by atoms with Crippen LogP contribution < -0.4 is 16.0 Å². The van der Waals surface area contributed by atoms with E-state index in [1.54, 1.807) is 0 Å². The van der Waals surface area contributed by atoms with E-state index >= 15 is 0 Å². The fraction of sp³-hybridized carbons (Fsp3) is 0.533. The van der Waals surface area contributed by atoms with E-state index in [0.717, 1.165) is 35.2 Å². The number of hydrogen-bond acceptors (Lipinski definition) is 4. The third-order valence-electron chi connectivity index (χ3n) is 3.55. The van der Waals surface area contributed by atoms with Gasteiger partial charge in [0.25, 0.3) is 0 Å². The number of rotatable bonds is 6. The maximum atomic E-state index is 11.7. The number of nitrogens with two attached hydrogens (primary N) is 1. The number of nitrogens with one attached hydrogen (secondary N) is 1. The highest BCUT2D eigenvalue weighted by atomic mass is 79.9. The normalized spacial score (nSPS) is 18.8. The first-order chi connectivity index (χ1) is 10.1. The third-order valence-corrected chi connectivity index (χ3v) is 4.04. The van der Waals surface area contributed by atoms with Crippen molar-refractivity contribution >= 4 is 27.5 Å². The van der Waals surface area contributed by atoms with Gasteiger partial charge >= 0.3 is 0 Å².